The van der Waals surface area contributed by atoms with Crippen molar-refractivity contribution in [1.82, 2.24) is 10.2 Å². The van der Waals surface area contributed by atoms with Gasteiger partial charge in [-0.2, -0.15) is 0 Å². The number of benzene rings is 3. The Morgan fingerprint density at radius 2 is 1.57 bits per heavy atom. The van der Waals surface area contributed by atoms with Gasteiger partial charge in [-0.15, -0.1) is 0 Å². The lowest BCUT2D eigenvalue weighted by Gasteiger charge is -2.32. The van der Waals surface area contributed by atoms with Gasteiger partial charge in [0.25, 0.3) is 5.91 Å². The summed E-state index contributed by atoms with van der Waals surface area (Å²) in [5.41, 5.74) is 1.85. The molecule has 1 fully saturated rings. The number of hydrogen-bond acceptors (Lipinski definition) is 3. The van der Waals surface area contributed by atoms with Crippen molar-refractivity contribution in [2.45, 2.75) is 50.7 Å². The van der Waals surface area contributed by atoms with Crippen molar-refractivity contribution in [2.24, 2.45) is 0 Å². The maximum atomic E-state index is 13.6. The molecule has 0 aliphatic heterocycles. The van der Waals surface area contributed by atoms with Crippen LogP contribution in [-0.4, -0.2) is 35.4 Å². The van der Waals surface area contributed by atoms with Crippen LogP contribution in [0.3, 0.4) is 0 Å². The average molecular weight is 491 g/mol. The quantitative estimate of drug-likeness (QED) is 0.413. The van der Waals surface area contributed by atoms with E-state index in [0.717, 1.165) is 36.8 Å². The first kappa shape index (κ1) is 24.8. The summed E-state index contributed by atoms with van der Waals surface area (Å²) in [7, 11) is 0. The molecule has 1 N–H and O–H groups in total. The van der Waals surface area contributed by atoms with Gasteiger partial charge in [0, 0.05) is 24.0 Å². The smallest absolute Gasteiger partial charge is 0.261 e. The molecule has 2 amide bonds. The minimum Gasteiger partial charge on any atom is -0.484 e. The van der Waals surface area contributed by atoms with E-state index in [9.17, 15) is 9.59 Å². The Morgan fingerprint density at radius 1 is 0.914 bits per heavy atom. The molecule has 4 rings (SSSR count). The zero-order valence-electron chi connectivity index (χ0n) is 19.7. The second-order valence-electron chi connectivity index (χ2n) is 8.95. The molecule has 3 aromatic carbocycles. The highest BCUT2D eigenvalue weighted by Gasteiger charge is 2.32. The predicted octanol–water partition coefficient (Wildman–Crippen LogP) is 5.42. The summed E-state index contributed by atoms with van der Waals surface area (Å²) in [4.78, 5) is 28.8. The van der Waals surface area contributed by atoms with E-state index in [-0.39, 0.29) is 31.0 Å². The SMILES string of the molecule is O=C(NC1CCCC1)[C@@H](Cc1ccccc1)N(Cc1cccc(Cl)c1)C(=O)COc1ccccc1. The number of carbonyl (C=O) groups excluding carboxylic acids is 2. The molecule has 0 radical (unpaired) electrons. The molecule has 1 aliphatic rings. The van der Waals surface area contributed by atoms with Gasteiger partial charge >= 0.3 is 0 Å². The Hall–Kier alpha value is -3.31. The van der Waals surface area contributed by atoms with Gasteiger partial charge in [0.15, 0.2) is 6.61 Å². The fourth-order valence-corrected chi connectivity index (χ4v) is 4.71. The molecule has 5 nitrogen and oxygen atoms in total. The van der Waals surface area contributed by atoms with E-state index in [1.807, 2.05) is 78.9 Å². The topological polar surface area (TPSA) is 58.6 Å². The third-order valence-electron chi connectivity index (χ3n) is 6.32. The van der Waals surface area contributed by atoms with Crippen molar-refractivity contribution in [3.05, 3.63) is 101 Å². The van der Waals surface area contributed by atoms with Crippen LogP contribution in [0.4, 0.5) is 0 Å². The summed E-state index contributed by atoms with van der Waals surface area (Å²) < 4.78 is 5.77. The lowest BCUT2D eigenvalue weighted by molar-refractivity contribution is -0.143. The van der Waals surface area contributed by atoms with Crippen molar-refractivity contribution in [1.29, 1.82) is 0 Å². The van der Waals surface area contributed by atoms with Gasteiger partial charge in [0.2, 0.25) is 5.91 Å². The Morgan fingerprint density at radius 3 is 2.26 bits per heavy atom. The van der Waals surface area contributed by atoms with E-state index in [1.165, 1.54) is 0 Å². The molecular formula is C29H31ClN2O3. The van der Waals surface area contributed by atoms with Crippen LogP contribution in [0, 0.1) is 0 Å². The zero-order chi connectivity index (χ0) is 24.5. The number of hydrogen-bond donors (Lipinski definition) is 1. The summed E-state index contributed by atoms with van der Waals surface area (Å²) in [5, 5.41) is 3.79. The Labute approximate surface area is 212 Å². The molecule has 0 saturated heterocycles. The van der Waals surface area contributed by atoms with E-state index < -0.39 is 6.04 Å². The first-order valence-corrected chi connectivity index (χ1v) is 12.5. The molecule has 1 saturated carbocycles. The molecule has 6 heteroatoms. The second kappa shape index (κ2) is 12.4. The molecule has 0 unspecified atom stereocenters. The van der Waals surface area contributed by atoms with E-state index >= 15 is 0 Å². The van der Waals surface area contributed by atoms with Crippen LogP contribution in [0.25, 0.3) is 0 Å². The lowest BCUT2D eigenvalue weighted by atomic mass is 10.0. The van der Waals surface area contributed by atoms with Gasteiger partial charge in [0.1, 0.15) is 11.8 Å². The minimum atomic E-state index is -0.677. The number of nitrogens with zero attached hydrogens (tertiary/aromatic N) is 1. The first-order chi connectivity index (χ1) is 17.1. The normalized spacial score (nSPS) is 14.3. The van der Waals surface area contributed by atoms with Crippen LogP contribution >= 0.6 is 11.6 Å². The molecule has 0 spiro atoms. The summed E-state index contributed by atoms with van der Waals surface area (Å²) in [6, 6.07) is 25.9. The van der Waals surface area contributed by atoms with Crippen LogP contribution in [0.1, 0.15) is 36.8 Å². The number of amides is 2. The van der Waals surface area contributed by atoms with Crippen LogP contribution in [0.2, 0.25) is 5.02 Å². The van der Waals surface area contributed by atoms with Crippen molar-refractivity contribution >= 4 is 23.4 Å². The van der Waals surface area contributed by atoms with Crippen LogP contribution in [0.15, 0.2) is 84.9 Å². The Balaban J connectivity index is 1.61. The fourth-order valence-electron chi connectivity index (χ4n) is 4.50. The molecular weight excluding hydrogens is 460 g/mol. The van der Waals surface area contributed by atoms with Gasteiger partial charge in [-0.05, 0) is 48.2 Å². The highest BCUT2D eigenvalue weighted by Crippen LogP contribution is 2.21. The van der Waals surface area contributed by atoms with Gasteiger partial charge in [-0.3, -0.25) is 9.59 Å². The lowest BCUT2D eigenvalue weighted by Crippen LogP contribution is -2.53. The number of para-hydroxylation sites is 1. The third kappa shape index (κ3) is 7.33. The van der Waals surface area contributed by atoms with E-state index in [4.69, 9.17) is 16.3 Å². The van der Waals surface area contributed by atoms with Crippen molar-refractivity contribution in [3.63, 3.8) is 0 Å². The largest absolute Gasteiger partial charge is 0.484 e. The number of rotatable bonds is 10. The van der Waals surface area contributed by atoms with Crippen LogP contribution in [0.5, 0.6) is 5.75 Å². The average Bonchev–Trinajstić information content (AvgIpc) is 3.39. The Bertz CT molecular complexity index is 1100. The van der Waals surface area contributed by atoms with Gasteiger partial charge in [0.05, 0.1) is 0 Å². The summed E-state index contributed by atoms with van der Waals surface area (Å²) in [5.74, 6) is 0.228. The number of ether oxygens (including phenoxy) is 1. The monoisotopic (exact) mass is 490 g/mol. The molecule has 0 bridgehead atoms. The number of nitrogens with one attached hydrogen (secondary N) is 1. The van der Waals surface area contributed by atoms with E-state index in [0.29, 0.717) is 17.2 Å². The molecule has 3 aromatic rings. The summed E-state index contributed by atoms with van der Waals surface area (Å²) in [6.45, 7) is 0.0969. The molecule has 182 valence electrons. The molecule has 35 heavy (non-hydrogen) atoms. The van der Waals surface area contributed by atoms with E-state index in [1.54, 1.807) is 11.0 Å². The fraction of sp³-hybridized carbons (Fsp3) is 0.310. The van der Waals surface area contributed by atoms with E-state index in [2.05, 4.69) is 5.32 Å². The van der Waals surface area contributed by atoms with Crippen molar-refractivity contribution < 1.29 is 14.3 Å². The van der Waals surface area contributed by atoms with Gasteiger partial charge < -0.3 is 15.0 Å². The van der Waals surface area contributed by atoms with Crippen molar-refractivity contribution in [2.75, 3.05) is 6.61 Å². The van der Waals surface area contributed by atoms with Gasteiger partial charge in [-0.1, -0.05) is 85.1 Å². The minimum absolute atomic E-state index is 0.129. The third-order valence-corrected chi connectivity index (χ3v) is 6.56. The first-order valence-electron chi connectivity index (χ1n) is 12.1. The standard InChI is InChI=1S/C29H31ClN2O3/c30-24-13-9-12-23(18-24)20-32(28(33)21-35-26-16-5-2-6-17-26)27(19-22-10-3-1-4-11-22)29(34)31-25-14-7-8-15-25/h1-6,9-13,16-18,25,27H,7-8,14-15,19-21H2,(H,31,34)/t27-/m1/s1. The van der Waals surface area contributed by atoms with Gasteiger partial charge in [-0.25, -0.2) is 0 Å². The van der Waals surface area contributed by atoms with Crippen LogP contribution in [-0.2, 0) is 22.6 Å². The number of carbonyl (C=O) groups is 2. The number of halogens is 1. The predicted molar refractivity (Wildman–Crippen MR) is 138 cm³/mol. The Kier molecular flexibility index (Phi) is 8.79. The van der Waals surface area contributed by atoms with Crippen molar-refractivity contribution in [3.8, 4) is 5.75 Å². The highest BCUT2D eigenvalue weighted by molar-refractivity contribution is 6.30. The maximum Gasteiger partial charge on any atom is 0.261 e. The molecule has 1 aliphatic carbocycles. The maximum absolute atomic E-state index is 13.6. The zero-order valence-corrected chi connectivity index (χ0v) is 20.5. The van der Waals surface area contributed by atoms with Crippen LogP contribution < -0.4 is 10.1 Å². The molecule has 0 heterocycles. The summed E-state index contributed by atoms with van der Waals surface area (Å²) >= 11 is 6.23. The highest BCUT2D eigenvalue weighted by atomic mass is 35.5. The second-order valence-corrected chi connectivity index (χ2v) is 9.39. The molecule has 1 atom stereocenters. The molecule has 0 aromatic heterocycles. The summed E-state index contributed by atoms with van der Waals surface area (Å²) in [6.07, 6.45) is 4.60.